The monoisotopic (exact) mass is 309 g/mol. The highest BCUT2D eigenvalue weighted by Gasteiger charge is 2.39. The largest absolute Gasteiger partial charge is 0.364 e. The number of halogens is 1. The van der Waals surface area contributed by atoms with Crippen LogP contribution in [-0.4, -0.2) is 10.1 Å². The molecule has 1 aromatic carbocycles. The van der Waals surface area contributed by atoms with Crippen LogP contribution in [0.1, 0.15) is 49.6 Å². The maximum absolute atomic E-state index is 6.18. The summed E-state index contributed by atoms with van der Waals surface area (Å²) in [5, 5.41) is 3.99. The van der Waals surface area contributed by atoms with Gasteiger partial charge in [-0.25, -0.2) is 0 Å². The first-order valence-corrected chi connectivity index (χ1v) is 6.96. The maximum Gasteiger partial charge on any atom is 0.255 e. The molecule has 2 aromatic rings. The van der Waals surface area contributed by atoms with Gasteiger partial charge in [-0.1, -0.05) is 35.5 Å². The van der Waals surface area contributed by atoms with Gasteiger partial charge in [-0.15, -0.1) is 12.4 Å². The van der Waals surface area contributed by atoms with Crippen molar-refractivity contribution in [2.24, 2.45) is 5.73 Å². The van der Waals surface area contributed by atoms with Gasteiger partial charge in [0.15, 0.2) is 5.82 Å². The van der Waals surface area contributed by atoms with Crippen LogP contribution >= 0.6 is 12.4 Å². The van der Waals surface area contributed by atoms with Gasteiger partial charge in [0.05, 0.1) is 12.1 Å². The minimum absolute atomic E-state index is 0. The Labute approximate surface area is 130 Å². The van der Waals surface area contributed by atoms with E-state index in [0.717, 1.165) is 24.8 Å². The summed E-state index contributed by atoms with van der Waals surface area (Å²) >= 11 is 0. The maximum atomic E-state index is 6.18. The minimum Gasteiger partial charge on any atom is -0.364 e. The van der Waals surface area contributed by atoms with Crippen LogP contribution in [0.25, 0.3) is 0 Å². The number of hydrogen-bond acceptors (Lipinski definition) is 5. The van der Waals surface area contributed by atoms with E-state index in [9.17, 15) is 0 Å². The highest BCUT2D eigenvalue weighted by atomic mass is 35.5. The van der Waals surface area contributed by atoms with E-state index in [1.165, 1.54) is 0 Å². The quantitative estimate of drug-likeness (QED) is 0.918. The van der Waals surface area contributed by atoms with E-state index in [-0.39, 0.29) is 24.0 Å². The third-order valence-electron chi connectivity index (χ3n) is 3.82. The van der Waals surface area contributed by atoms with E-state index in [4.69, 9.17) is 15.0 Å². The summed E-state index contributed by atoms with van der Waals surface area (Å²) in [4.78, 5) is 4.39. The van der Waals surface area contributed by atoms with Crippen LogP contribution in [0.3, 0.4) is 0 Å². The molecule has 1 fully saturated rings. The highest BCUT2D eigenvalue weighted by molar-refractivity contribution is 5.85. The molecular weight excluding hydrogens is 290 g/mol. The SMILES string of the molecule is CC(OCc1ccccc1)c1nc(C2(N)CCC2)no1.Cl. The van der Waals surface area contributed by atoms with Gasteiger partial charge in [-0.2, -0.15) is 4.98 Å². The summed E-state index contributed by atoms with van der Waals surface area (Å²) < 4.78 is 11.0. The van der Waals surface area contributed by atoms with Crippen LogP contribution in [0, 0.1) is 0 Å². The molecule has 21 heavy (non-hydrogen) atoms. The second kappa shape index (κ2) is 6.56. The van der Waals surface area contributed by atoms with Gasteiger partial charge < -0.3 is 15.0 Å². The van der Waals surface area contributed by atoms with E-state index in [0.29, 0.717) is 18.3 Å². The summed E-state index contributed by atoms with van der Waals surface area (Å²) in [7, 11) is 0. The lowest BCUT2D eigenvalue weighted by molar-refractivity contribution is 0.0307. The Morgan fingerprint density at radius 3 is 2.67 bits per heavy atom. The first kappa shape index (κ1) is 15.9. The molecule has 1 saturated carbocycles. The Balaban J connectivity index is 0.00000161. The molecule has 114 valence electrons. The molecule has 1 aliphatic rings. The average Bonchev–Trinajstić information content (AvgIpc) is 2.93. The number of aromatic nitrogens is 2. The fourth-order valence-corrected chi connectivity index (χ4v) is 2.25. The zero-order valence-corrected chi connectivity index (χ0v) is 12.8. The van der Waals surface area contributed by atoms with Gasteiger partial charge in [-0.05, 0) is 31.7 Å². The van der Waals surface area contributed by atoms with E-state index < -0.39 is 0 Å². The molecule has 2 N–H and O–H groups in total. The van der Waals surface area contributed by atoms with E-state index in [1.54, 1.807) is 0 Å². The average molecular weight is 310 g/mol. The lowest BCUT2D eigenvalue weighted by Crippen LogP contribution is -2.44. The normalized spacial score (nSPS) is 17.6. The second-order valence-corrected chi connectivity index (χ2v) is 5.40. The van der Waals surface area contributed by atoms with Gasteiger partial charge >= 0.3 is 0 Å². The molecule has 6 heteroatoms. The summed E-state index contributed by atoms with van der Waals surface area (Å²) in [5.74, 6) is 1.10. The van der Waals surface area contributed by atoms with Crippen LogP contribution < -0.4 is 5.73 Å². The summed E-state index contributed by atoms with van der Waals surface area (Å²) in [5.41, 5.74) is 6.91. The summed E-state index contributed by atoms with van der Waals surface area (Å²) in [6, 6.07) is 10.0. The third kappa shape index (κ3) is 3.43. The van der Waals surface area contributed by atoms with Crippen molar-refractivity contribution in [3.63, 3.8) is 0 Å². The van der Waals surface area contributed by atoms with Gasteiger partial charge in [-0.3, -0.25) is 0 Å². The number of nitrogens with zero attached hydrogens (tertiary/aromatic N) is 2. The van der Waals surface area contributed by atoms with Crippen molar-refractivity contribution in [1.29, 1.82) is 0 Å². The van der Waals surface area contributed by atoms with Crippen LogP contribution in [-0.2, 0) is 16.9 Å². The number of benzene rings is 1. The smallest absolute Gasteiger partial charge is 0.255 e. The molecule has 0 bridgehead atoms. The number of rotatable bonds is 5. The van der Waals surface area contributed by atoms with Gasteiger partial charge in [0.25, 0.3) is 5.89 Å². The molecule has 0 spiro atoms. The number of ether oxygens (including phenoxy) is 1. The van der Waals surface area contributed by atoms with E-state index >= 15 is 0 Å². The van der Waals surface area contributed by atoms with Crippen molar-refractivity contribution in [2.45, 2.75) is 44.4 Å². The van der Waals surface area contributed by atoms with Gasteiger partial charge in [0.2, 0.25) is 0 Å². The topological polar surface area (TPSA) is 74.2 Å². The lowest BCUT2D eigenvalue weighted by atomic mass is 9.77. The van der Waals surface area contributed by atoms with E-state index in [2.05, 4.69) is 10.1 Å². The molecule has 1 aromatic heterocycles. The Morgan fingerprint density at radius 1 is 1.33 bits per heavy atom. The standard InChI is InChI=1S/C15H19N3O2.ClH/c1-11(19-10-12-6-3-2-4-7-12)13-17-14(18-20-13)15(16)8-5-9-15;/h2-4,6-7,11H,5,8-10,16H2,1H3;1H. The van der Waals surface area contributed by atoms with Gasteiger partial charge in [0, 0.05) is 0 Å². The molecule has 0 radical (unpaired) electrons. The number of hydrogen-bond donors (Lipinski definition) is 1. The fourth-order valence-electron chi connectivity index (χ4n) is 2.25. The fraction of sp³-hybridized carbons (Fsp3) is 0.467. The Kier molecular flexibility index (Phi) is 4.98. The van der Waals surface area contributed by atoms with Crippen molar-refractivity contribution >= 4 is 12.4 Å². The molecule has 1 aliphatic carbocycles. The predicted octanol–water partition coefficient (Wildman–Crippen LogP) is 3.11. The molecule has 0 amide bonds. The first-order chi connectivity index (χ1) is 9.67. The minimum atomic E-state index is -0.388. The predicted molar refractivity (Wildman–Crippen MR) is 80.9 cm³/mol. The zero-order valence-electron chi connectivity index (χ0n) is 12.0. The Morgan fingerprint density at radius 2 is 2.05 bits per heavy atom. The molecule has 1 atom stereocenters. The second-order valence-electron chi connectivity index (χ2n) is 5.40. The zero-order chi connectivity index (χ0) is 14.0. The third-order valence-corrected chi connectivity index (χ3v) is 3.82. The first-order valence-electron chi connectivity index (χ1n) is 6.96. The summed E-state index contributed by atoms with van der Waals surface area (Å²) in [6.07, 6.45) is 2.73. The van der Waals surface area contributed by atoms with Crippen molar-refractivity contribution in [3.8, 4) is 0 Å². The van der Waals surface area contributed by atoms with Crippen molar-refractivity contribution in [1.82, 2.24) is 10.1 Å². The van der Waals surface area contributed by atoms with Gasteiger partial charge in [0.1, 0.15) is 6.10 Å². The lowest BCUT2D eigenvalue weighted by Gasteiger charge is -2.34. The summed E-state index contributed by atoms with van der Waals surface area (Å²) in [6.45, 7) is 2.43. The van der Waals surface area contributed by atoms with Crippen LogP contribution in [0.15, 0.2) is 34.9 Å². The van der Waals surface area contributed by atoms with Crippen LogP contribution in [0.2, 0.25) is 0 Å². The van der Waals surface area contributed by atoms with Crippen LogP contribution in [0.4, 0.5) is 0 Å². The molecular formula is C15H20ClN3O2. The van der Waals surface area contributed by atoms with Crippen molar-refractivity contribution in [2.75, 3.05) is 0 Å². The van der Waals surface area contributed by atoms with E-state index in [1.807, 2.05) is 37.3 Å². The molecule has 1 unspecified atom stereocenters. The molecule has 0 aliphatic heterocycles. The Bertz CT molecular complexity index is 569. The molecule has 1 heterocycles. The Hall–Kier alpha value is -1.43. The van der Waals surface area contributed by atoms with Crippen LogP contribution in [0.5, 0.6) is 0 Å². The van der Waals surface area contributed by atoms with Crippen molar-refractivity contribution < 1.29 is 9.26 Å². The molecule has 0 saturated heterocycles. The van der Waals surface area contributed by atoms with Crippen molar-refractivity contribution in [3.05, 3.63) is 47.6 Å². The number of nitrogens with two attached hydrogens (primary N) is 1. The molecule has 5 nitrogen and oxygen atoms in total. The highest BCUT2D eigenvalue weighted by Crippen LogP contribution is 2.37. The molecule has 3 rings (SSSR count).